The molecule has 0 amide bonds. The van der Waals surface area contributed by atoms with Crippen LogP contribution in [-0.2, 0) is 0 Å². The first-order chi connectivity index (χ1) is 8.90. The predicted octanol–water partition coefficient (Wildman–Crippen LogP) is 1.81. The fraction of sp³-hybridized carbons (Fsp3) is 0.533. The molecule has 0 bridgehead atoms. The van der Waals surface area contributed by atoms with Crippen molar-refractivity contribution >= 4 is 11.5 Å². The Morgan fingerprint density at radius 2 is 1.84 bits per heavy atom. The molecule has 2 atom stereocenters. The normalized spacial score (nSPS) is 24.5. The molecule has 1 heterocycles. The Morgan fingerprint density at radius 1 is 1.26 bits per heavy atom. The average Bonchev–Trinajstić information content (AvgIpc) is 2.34. The summed E-state index contributed by atoms with van der Waals surface area (Å²) in [5.74, 6) is 0.143. The molecule has 0 radical (unpaired) electrons. The van der Waals surface area contributed by atoms with E-state index in [0.717, 1.165) is 24.2 Å². The molecule has 0 saturated carbocycles. The van der Waals surface area contributed by atoms with Crippen molar-refractivity contribution in [3.8, 4) is 0 Å². The fourth-order valence-electron chi connectivity index (χ4n) is 2.76. The molecule has 0 aromatic heterocycles. The van der Waals surface area contributed by atoms with Gasteiger partial charge >= 0.3 is 0 Å². The van der Waals surface area contributed by atoms with Gasteiger partial charge in [0, 0.05) is 36.4 Å². The summed E-state index contributed by atoms with van der Waals surface area (Å²) in [5, 5.41) is 7.54. The van der Waals surface area contributed by atoms with Crippen LogP contribution in [0.3, 0.4) is 0 Å². The first-order valence-electron chi connectivity index (χ1n) is 6.82. The van der Waals surface area contributed by atoms with E-state index in [0.29, 0.717) is 12.1 Å². The summed E-state index contributed by atoms with van der Waals surface area (Å²) in [7, 11) is 2.19. The highest BCUT2D eigenvalue weighted by atomic mass is 15.3. The van der Waals surface area contributed by atoms with E-state index in [1.54, 1.807) is 0 Å². The standard InChI is InChI=1S/C15H24N4/c1-10-7-13(5-6-14(10)15(16)17)19-8-11(2)18(4)12(3)9-19/h5-7,11-12H,8-9H2,1-4H3,(H3,16,17). The number of hydrogen-bond donors (Lipinski definition) is 2. The van der Waals surface area contributed by atoms with Gasteiger partial charge in [-0.3, -0.25) is 10.3 Å². The van der Waals surface area contributed by atoms with Crippen LogP contribution in [0, 0.1) is 12.3 Å². The van der Waals surface area contributed by atoms with Gasteiger partial charge in [-0.1, -0.05) is 0 Å². The number of benzene rings is 1. The molecule has 104 valence electrons. The highest BCUT2D eigenvalue weighted by Gasteiger charge is 2.26. The highest BCUT2D eigenvalue weighted by Crippen LogP contribution is 2.23. The molecular weight excluding hydrogens is 236 g/mol. The summed E-state index contributed by atoms with van der Waals surface area (Å²) in [6, 6.07) is 7.28. The number of amidine groups is 1. The summed E-state index contributed by atoms with van der Waals surface area (Å²) in [5.41, 5.74) is 8.71. The van der Waals surface area contributed by atoms with Crippen molar-refractivity contribution in [2.45, 2.75) is 32.9 Å². The van der Waals surface area contributed by atoms with Crippen molar-refractivity contribution in [1.82, 2.24) is 4.90 Å². The SMILES string of the molecule is Cc1cc(N2CC(C)N(C)C(C)C2)ccc1C(=N)N. The maximum Gasteiger partial charge on any atom is 0.123 e. The minimum atomic E-state index is 0.143. The lowest BCUT2D eigenvalue weighted by Gasteiger charge is -2.43. The fourth-order valence-corrected chi connectivity index (χ4v) is 2.76. The Labute approximate surface area is 115 Å². The van der Waals surface area contributed by atoms with Gasteiger partial charge in [0.2, 0.25) is 0 Å². The van der Waals surface area contributed by atoms with Crippen molar-refractivity contribution in [3.63, 3.8) is 0 Å². The zero-order valence-corrected chi connectivity index (χ0v) is 12.3. The molecule has 1 aromatic rings. The van der Waals surface area contributed by atoms with E-state index in [-0.39, 0.29) is 5.84 Å². The summed E-state index contributed by atoms with van der Waals surface area (Å²) in [6.07, 6.45) is 0. The van der Waals surface area contributed by atoms with Crippen LogP contribution in [-0.4, -0.2) is 43.0 Å². The molecule has 1 aromatic carbocycles. The number of anilines is 1. The van der Waals surface area contributed by atoms with E-state index in [1.165, 1.54) is 5.69 Å². The molecule has 0 aliphatic carbocycles. The predicted molar refractivity (Wildman–Crippen MR) is 81.1 cm³/mol. The summed E-state index contributed by atoms with van der Waals surface area (Å²) in [6.45, 7) is 8.63. The van der Waals surface area contributed by atoms with Crippen molar-refractivity contribution in [3.05, 3.63) is 29.3 Å². The van der Waals surface area contributed by atoms with Gasteiger partial charge in [0.15, 0.2) is 0 Å². The van der Waals surface area contributed by atoms with E-state index < -0.39 is 0 Å². The van der Waals surface area contributed by atoms with Crippen LogP contribution in [0.4, 0.5) is 5.69 Å². The van der Waals surface area contributed by atoms with Crippen molar-refractivity contribution in [2.75, 3.05) is 25.0 Å². The minimum absolute atomic E-state index is 0.143. The summed E-state index contributed by atoms with van der Waals surface area (Å²) in [4.78, 5) is 4.85. The maximum absolute atomic E-state index is 7.54. The van der Waals surface area contributed by atoms with Gasteiger partial charge in [-0.05, 0) is 51.6 Å². The Balaban J connectivity index is 2.23. The third-order valence-electron chi connectivity index (χ3n) is 4.23. The lowest BCUT2D eigenvalue weighted by atomic mass is 10.0. The van der Waals surface area contributed by atoms with Gasteiger partial charge in [-0.2, -0.15) is 0 Å². The van der Waals surface area contributed by atoms with Crippen LogP contribution in [0.15, 0.2) is 18.2 Å². The Bertz CT molecular complexity index is 471. The number of nitrogens with one attached hydrogen (secondary N) is 1. The van der Waals surface area contributed by atoms with Crippen LogP contribution >= 0.6 is 0 Å². The molecule has 19 heavy (non-hydrogen) atoms. The molecule has 2 unspecified atom stereocenters. The Kier molecular flexibility index (Phi) is 3.80. The summed E-state index contributed by atoms with van der Waals surface area (Å²) >= 11 is 0. The lowest BCUT2D eigenvalue weighted by molar-refractivity contribution is 0.170. The molecule has 4 heteroatoms. The van der Waals surface area contributed by atoms with Crippen LogP contribution < -0.4 is 10.6 Å². The molecule has 4 nitrogen and oxygen atoms in total. The maximum atomic E-state index is 7.54. The van der Waals surface area contributed by atoms with E-state index in [4.69, 9.17) is 11.1 Å². The monoisotopic (exact) mass is 260 g/mol. The molecule has 3 N–H and O–H groups in total. The zero-order chi connectivity index (χ0) is 14.2. The third-order valence-corrected chi connectivity index (χ3v) is 4.23. The Hall–Kier alpha value is -1.55. The second-order valence-electron chi connectivity index (χ2n) is 5.68. The highest BCUT2D eigenvalue weighted by molar-refractivity contribution is 5.96. The number of nitrogens with two attached hydrogens (primary N) is 1. The van der Waals surface area contributed by atoms with Crippen molar-refractivity contribution < 1.29 is 0 Å². The van der Waals surface area contributed by atoms with E-state index in [1.807, 2.05) is 13.0 Å². The van der Waals surface area contributed by atoms with Crippen LogP contribution in [0.1, 0.15) is 25.0 Å². The van der Waals surface area contributed by atoms with Gasteiger partial charge in [0.1, 0.15) is 5.84 Å². The second kappa shape index (κ2) is 5.21. The van der Waals surface area contributed by atoms with Gasteiger partial charge in [0.05, 0.1) is 0 Å². The molecule has 0 spiro atoms. The molecule has 1 aliphatic rings. The third kappa shape index (κ3) is 2.73. The van der Waals surface area contributed by atoms with E-state index in [2.05, 4.69) is 42.8 Å². The van der Waals surface area contributed by atoms with Gasteiger partial charge in [-0.15, -0.1) is 0 Å². The number of rotatable bonds is 2. The van der Waals surface area contributed by atoms with Gasteiger partial charge < -0.3 is 10.6 Å². The molecule has 2 rings (SSSR count). The average molecular weight is 260 g/mol. The molecular formula is C15H24N4. The minimum Gasteiger partial charge on any atom is -0.384 e. The zero-order valence-electron chi connectivity index (χ0n) is 12.3. The number of aryl methyl sites for hydroxylation is 1. The number of piperazine rings is 1. The number of nitrogens with zero attached hydrogens (tertiary/aromatic N) is 2. The quantitative estimate of drug-likeness (QED) is 0.630. The lowest BCUT2D eigenvalue weighted by Crippen LogP contribution is -2.55. The van der Waals surface area contributed by atoms with Crippen LogP contribution in [0.5, 0.6) is 0 Å². The second-order valence-corrected chi connectivity index (χ2v) is 5.68. The van der Waals surface area contributed by atoms with Crippen LogP contribution in [0.2, 0.25) is 0 Å². The van der Waals surface area contributed by atoms with Crippen molar-refractivity contribution in [2.24, 2.45) is 5.73 Å². The van der Waals surface area contributed by atoms with E-state index >= 15 is 0 Å². The first-order valence-corrected chi connectivity index (χ1v) is 6.82. The smallest absolute Gasteiger partial charge is 0.123 e. The van der Waals surface area contributed by atoms with Gasteiger partial charge in [-0.25, -0.2) is 0 Å². The number of hydrogen-bond acceptors (Lipinski definition) is 3. The molecule has 1 aliphatic heterocycles. The first kappa shape index (κ1) is 13.9. The number of likely N-dealkylation sites (N-methyl/N-ethyl adjacent to an activating group) is 1. The molecule has 1 saturated heterocycles. The summed E-state index contributed by atoms with van der Waals surface area (Å²) < 4.78 is 0. The topological polar surface area (TPSA) is 56.4 Å². The molecule has 1 fully saturated rings. The van der Waals surface area contributed by atoms with Crippen molar-refractivity contribution in [1.29, 1.82) is 5.41 Å². The van der Waals surface area contributed by atoms with E-state index in [9.17, 15) is 0 Å². The van der Waals surface area contributed by atoms with Gasteiger partial charge in [0.25, 0.3) is 0 Å². The largest absolute Gasteiger partial charge is 0.384 e. The number of nitrogen functional groups attached to an aromatic ring is 1. The Morgan fingerprint density at radius 3 is 2.32 bits per heavy atom. The van der Waals surface area contributed by atoms with Crippen LogP contribution in [0.25, 0.3) is 0 Å².